The molecule has 4 rings (SSSR count). The summed E-state index contributed by atoms with van der Waals surface area (Å²) in [7, 11) is 4.86. The van der Waals surface area contributed by atoms with Gasteiger partial charge in [-0.15, -0.1) is 0 Å². The molecule has 0 saturated carbocycles. The molecule has 2 aromatic heterocycles. The molecule has 3 aromatic rings. The molecule has 1 aromatic carbocycles. The second kappa shape index (κ2) is 11.9. The predicted molar refractivity (Wildman–Crippen MR) is 143 cm³/mol. The average molecular weight is 546 g/mol. The smallest absolute Gasteiger partial charge is 0.394 e. The van der Waals surface area contributed by atoms with Crippen LogP contribution in [0.2, 0.25) is 0 Å². The van der Waals surface area contributed by atoms with Gasteiger partial charge in [-0.2, -0.15) is 13.2 Å². The van der Waals surface area contributed by atoms with E-state index >= 15 is 0 Å². The number of alkyl halides is 4. The molecular weight excluding hydrogens is 514 g/mol. The van der Waals surface area contributed by atoms with Crippen LogP contribution in [0.25, 0.3) is 5.52 Å². The molecule has 0 radical (unpaired) electrons. The highest BCUT2D eigenvalue weighted by Crippen LogP contribution is 2.30. The third-order valence-corrected chi connectivity index (χ3v) is 6.65. The second-order valence-electron chi connectivity index (χ2n) is 9.44. The first-order chi connectivity index (χ1) is 18.6. The number of piperidine rings is 1. The minimum Gasteiger partial charge on any atom is -0.495 e. The molecule has 11 heteroatoms. The maximum absolute atomic E-state index is 14.7. The van der Waals surface area contributed by atoms with Crippen molar-refractivity contribution in [1.82, 2.24) is 14.6 Å². The Morgan fingerprint density at radius 3 is 2.69 bits per heavy atom. The summed E-state index contributed by atoms with van der Waals surface area (Å²) < 4.78 is 62.0. The fourth-order valence-corrected chi connectivity index (χ4v) is 4.67. The number of methoxy groups -OCH3 is 1. The molecule has 1 fully saturated rings. The van der Waals surface area contributed by atoms with Crippen molar-refractivity contribution in [2.75, 3.05) is 51.5 Å². The number of ether oxygens (including phenoxy) is 1. The highest BCUT2D eigenvalue weighted by atomic mass is 19.4. The molecule has 0 bridgehead atoms. The van der Waals surface area contributed by atoms with Gasteiger partial charge in [0.15, 0.2) is 0 Å². The third-order valence-electron chi connectivity index (χ3n) is 6.65. The Balaban J connectivity index is 1.59. The fourth-order valence-electron chi connectivity index (χ4n) is 4.67. The van der Waals surface area contributed by atoms with Gasteiger partial charge in [-0.05, 0) is 49.9 Å². The summed E-state index contributed by atoms with van der Waals surface area (Å²) in [5.41, 5.74) is 2.33. The maximum atomic E-state index is 14.7. The number of nitrogens with one attached hydrogen (secondary N) is 3. The van der Waals surface area contributed by atoms with Gasteiger partial charge < -0.3 is 30.0 Å². The first-order valence-corrected chi connectivity index (χ1v) is 12.5. The number of halogens is 4. The summed E-state index contributed by atoms with van der Waals surface area (Å²) in [5, 5.41) is 8.83. The van der Waals surface area contributed by atoms with E-state index in [0.29, 0.717) is 41.2 Å². The number of nitrogens with zero attached hydrogens (tertiary/aromatic N) is 2. The topological polar surface area (TPSA) is 70.0 Å². The number of pyridine rings is 1. The third kappa shape index (κ3) is 6.75. The van der Waals surface area contributed by atoms with Crippen LogP contribution in [0.15, 0.2) is 42.6 Å². The molecule has 1 aliphatic rings. The monoisotopic (exact) mass is 545 g/mol. The SMILES string of the molecule is CNC(=O)c1ccc(NCC#Cc2cc3c(N[C@@H]4CCN(C)C[C@@H]4F)cccn3c2CC(F)(F)F)c(OC)c1. The first-order valence-electron chi connectivity index (χ1n) is 12.5. The molecule has 0 unspecified atom stereocenters. The summed E-state index contributed by atoms with van der Waals surface area (Å²) in [4.78, 5) is 13.8. The van der Waals surface area contributed by atoms with E-state index in [2.05, 4.69) is 27.8 Å². The van der Waals surface area contributed by atoms with Gasteiger partial charge in [0.25, 0.3) is 5.91 Å². The molecule has 1 amide bonds. The zero-order valence-electron chi connectivity index (χ0n) is 22.0. The van der Waals surface area contributed by atoms with Gasteiger partial charge in [0.1, 0.15) is 11.9 Å². The van der Waals surface area contributed by atoms with E-state index in [1.54, 1.807) is 42.6 Å². The number of amides is 1. The van der Waals surface area contributed by atoms with Crippen LogP contribution >= 0.6 is 0 Å². The van der Waals surface area contributed by atoms with E-state index in [9.17, 15) is 22.4 Å². The van der Waals surface area contributed by atoms with E-state index in [1.165, 1.54) is 18.6 Å². The number of carbonyl (C=O) groups excluding carboxylic acids is 1. The number of rotatable bonds is 7. The number of benzene rings is 1. The van der Waals surface area contributed by atoms with Crippen LogP contribution < -0.4 is 20.7 Å². The number of hydrogen-bond donors (Lipinski definition) is 3. The maximum Gasteiger partial charge on any atom is 0.394 e. The lowest BCUT2D eigenvalue weighted by molar-refractivity contribution is -0.128. The Labute approximate surface area is 224 Å². The molecule has 2 atom stereocenters. The van der Waals surface area contributed by atoms with Crippen LogP contribution in [0.5, 0.6) is 5.75 Å². The first kappa shape index (κ1) is 28.1. The van der Waals surface area contributed by atoms with E-state index in [0.717, 1.165) is 6.54 Å². The van der Waals surface area contributed by atoms with Gasteiger partial charge in [-0.25, -0.2) is 4.39 Å². The van der Waals surface area contributed by atoms with Crippen molar-refractivity contribution in [1.29, 1.82) is 0 Å². The van der Waals surface area contributed by atoms with Gasteiger partial charge in [0, 0.05) is 43.2 Å². The fraction of sp³-hybridized carbons (Fsp3) is 0.393. The zero-order valence-corrected chi connectivity index (χ0v) is 22.0. The minimum atomic E-state index is -4.44. The molecule has 3 N–H and O–H groups in total. The largest absolute Gasteiger partial charge is 0.495 e. The Bertz CT molecular complexity index is 1390. The van der Waals surface area contributed by atoms with Crippen molar-refractivity contribution in [2.45, 2.75) is 31.2 Å². The number of aromatic nitrogens is 1. The number of fused-ring (bicyclic) bond motifs is 1. The molecule has 7 nitrogen and oxygen atoms in total. The Kier molecular flexibility index (Phi) is 8.55. The zero-order chi connectivity index (χ0) is 28.2. The summed E-state index contributed by atoms with van der Waals surface area (Å²) >= 11 is 0. The Hall–Kier alpha value is -3.91. The molecule has 39 heavy (non-hydrogen) atoms. The van der Waals surface area contributed by atoms with E-state index in [1.807, 2.05) is 11.9 Å². The van der Waals surface area contributed by atoms with Crippen LogP contribution in [-0.2, 0) is 6.42 Å². The summed E-state index contributed by atoms with van der Waals surface area (Å²) in [5.74, 6) is 5.93. The average Bonchev–Trinajstić information content (AvgIpc) is 3.24. The highest BCUT2D eigenvalue weighted by molar-refractivity contribution is 5.95. The highest BCUT2D eigenvalue weighted by Gasteiger charge is 2.32. The van der Waals surface area contributed by atoms with Gasteiger partial charge >= 0.3 is 6.18 Å². The lowest BCUT2D eigenvalue weighted by atomic mass is 10.0. The van der Waals surface area contributed by atoms with Crippen molar-refractivity contribution >= 4 is 22.8 Å². The van der Waals surface area contributed by atoms with Crippen molar-refractivity contribution in [3.63, 3.8) is 0 Å². The molecule has 3 heterocycles. The van der Waals surface area contributed by atoms with E-state index < -0.39 is 24.8 Å². The van der Waals surface area contributed by atoms with Gasteiger partial charge in [0.2, 0.25) is 0 Å². The van der Waals surface area contributed by atoms with Gasteiger partial charge in [-0.3, -0.25) is 4.79 Å². The summed E-state index contributed by atoms with van der Waals surface area (Å²) in [6.07, 6.45) is -4.55. The predicted octanol–water partition coefficient (Wildman–Crippen LogP) is 4.33. The van der Waals surface area contributed by atoms with Crippen LogP contribution in [-0.4, -0.2) is 74.4 Å². The number of likely N-dealkylation sites (tertiary alicyclic amines) is 1. The Morgan fingerprint density at radius 1 is 1.21 bits per heavy atom. The normalized spacial score (nSPS) is 17.8. The molecule has 1 aliphatic heterocycles. The minimum absolute atomic E-state index is 0.0151. The van der Waals surface area contributed by atoms with Crippen LogP contribution in [0, 0.1) is 11.8 Å². The molecule has 0 aliphatic carbocycles. The quantitative estimate of drug-likeness (QED) is 0.305. The van der Waals surface area contributed by atoms with Gasteiger partial charge in [0.05, 0.1) is 43.0 Å². The standard InChI is InChI=1S/C28H31F4N5O2/c1-33-27(38)19-8-9-23(26(15-19)39-3)34-11-4-6-18-14-24-22(35-21-10-13-36(2)17-20(21)29)7-5-12-37(24)25(18)16-28(30,31)32/h5,7-9,12,14-15,20-21,34-35H,10-11,13,16-17H2,1-3H3,(H,33,38)/t20-,21+/m0/s1. The van der Waals surface area contributed by atoms with Crippen molar-refractivity contribution in [2.24, 2.45) is 0 Å². The molecule has 0 spiro atoms. The van der Waals surface area contributed by atoms with Crippen molar-refractivity contribution < 1.29 is 27.1 Å². The van der Waals surface area contributed by atoms with Gasteiger partial charge in [-0.1, -0.05) is 11.8 Å². The van der Waals surface area contributed by atoms with Crippen molar-refractivity contribution in [3.8, 4) is 17.6 Å². The number of anilines is 2. The van der Waals surface area contributed by atoms with E-state index in [4.69, 9.17) is 4.74 Å². The molecular formula is C28H31F4N5O2. The summed E-state index contributed by atoms with van der Waals surface area (Å²) in [6.45, 7) is 1.15. The van der Waals surface area contributed by atoms with Crippen LogP contribution in [0.3, 0.4) is 0 Å². The van der Waals surface area contributed by atoms with Crippen molar-refractivity contribution in [3.05, 3.63) is 59.4 Å². The second-order valence-corrected chi connectivity index (χ2v) is 9.44. The number of hydrogen-bond acceptors (Lipinski definition) is 5. The van der Waals surface area contributed by atoms with Crippen LogP contribution in [0.1, 0.15) is 28.0 Å². The summed E-state index contributed by atoms with van der Waals surface area (Å²) in [6, 6.07) is 9.44. The van der Waals surface area contributed by atoms with Crippen LogP contribution in [0.4, 0.5) is 28.9 Å². The lowest BCUT2D eigenvalue weighted by Gasteiger charge is -2.33. The van der Waals surface area contributed by atoms with E-state index in [-0.39, 0.29) is 23.7 Å². The molecule has 208 valence electrons. The Morgan fingerprint density at radius 2 is 2.00 bits per heavy atom. The number of carbonyl (C=O) groups is 1. The lowest BCUT2D eigenvalue weighted by Crippen LogP contribution is -2.46. The molecule has 1 saturated heterocycles.